The lowest BCUT2D eigenvalue weighted by Gasteiger charge is -2.20. The van der Waals surface area contributed by atoms with Crippen LogP contribution < -0.4 is 0 Å². The summed E-state index contributed by atoms with van der Waals surface area (Å²) in [5, 5.41) is 9.16. The SMILES string of the molecule is CCn1c(CN(CCO)CCOC)nc2cc(F)ccc21. The molecular weight excluding hydrogens is 273 g/mol. The molecule has 0 radical (unpaired) electrons. The van der Waals surface area contributed by atoms with Gasteiger partial charge in [0.25, 0.3) is 0 Å². The lowest BCUT2D eigenvalue weighted by Crippen LogP contribution is -2.31. The van der Waals surface area contributed by atoms with E-state index in [4.69, 9.17) is 9.84 Å². The Bertz CT molecular complexity index is 586. The zero-order chi connectivity index (χ0) is 15.2. The lowest BCUT2D eigenvalue weighted by atomic mass is 10.3. The number of methoxy groups -OCH3 is 1. The molecule has 1 heterocycles. The Morgan fingerprint density at radius 2 is 2.19 bits per heavy atom. The second-order valence-corrected chi connectivity index (χ2v) is 4.90. The molecule has 0 aliphatic heterocycles. The normalized spacial score (nSPS) is 11.7. The van der Waals surface area contributed by atoms with Gasteiger partial charge in [0.05, 0.1) is 30.8 Å². The summed E-state index contributed by atoms with van der Waals surface area (Å²) in [7, 11) is 1.65. The van der Waals surface area contributed by atoms with Gasteiger partial charge in [-0.1, -0.05) is 0 Å². The first-order chi connectivity index (χ1) is 10.2. The van der Waals surface area contributed by atoms with Crippen LogP contribution in [-0.2, 0) is 17.8 Å². The van der Waals surface area contributed by atoms with Gasteiger partial charge in [-0.2, -0.15) is 0 Å². The third-order valence-electron chi connectivity index (χ3n) is 3.50. The van der Waals surface area contributed by atoms with Gasteiger partial charge in [-0.25, -0.2) is 9.37 Å². The van der Waals surface area contributed by atoms with Crippen LogP contribution in [0.25, 0.3) is 11.0 Å². The maximum absolute atomic E-state index is 13.3. The highest BCUT2D eigenvalue weighted by atomic mass is 19.1. The molecule has 0 spiro atoms. The van der Waals surface area contributed by atoms with Crippen molar-refractivity contribution in [1.82, 2.24) is 14.5 Å². The van der Waals surface area contributed by atoms with Crippen LogP contribution in [0, 0.1) is 5.82 Å². The first-order valence-electron chi connectivity index (χ1n) is 7.16. The number of aromatic nitrogens is 2. The second kappa shape index (κ2) is 7.49. The van der Waals surface area contributed by atoms with E-state index in [0.717, 1.165) is 24.4 Å². The number of ether oxygens (including phenoxy) is 1. The van der Waals surface area contributed by atoms with Crippen molar-refractivity contribution in [3.05, 3.63) is 29.8 Å². The van der Waals surface area contributed by atoms with Crippen molar-refractivity contribution >= 4 is 11.0 Å². The fraction of sp³-hybridized carbons (Fsp3) is 0.533. The van der Waals surface area contributed by atoms with E-state index in [-0.39, 0.29) is 12.4 Å². The molecule has 0 bridgehead atoms. The minimum absolute atomic E-state index is 0.0880. The zero-order valence-corrected chi connectivity index (χ0v) is 12.5. The molecule has 0 saturated heterocycles. The highest BCUT2D eigenvalue weighted by Crippen LogP contribution is 2.18. The summed E-state index contributed by atoms with van der Waals surface area (Å²) in [5.74, 6) is 0.601. The molecule has 5 nitrogen and oxygen atoms in total. The summed E-state index contributed by atoms with van der Waals surface area (Å²) >= 11 is 0. The third-order valence-corrected chi connectivity index (χ3v) is 3.50. The summed E-state index contributed by atoms with van der Waals surface area (Å²) in [4.78, 5) is 6.61. The van der Waals surface area contributed by atoms with E-state index >= 15 is 0 Å². The minimum atomic E-state index is -0.276. The lowest BCUT2D eigenvalue weighted by molar-refractivity contribution is 0.124. The summed E-state index contributed by atoms with van der Waals surface area (Å²) in [6, 6.07) is 4.67. The molecule has 0 saturated carbocycles. The predicted octanol–water partition coefficient (Wildman–Crippen LogP) is 1.64. The molecule has 21 heavy (non-hydrogen) atoms. The number of hydrogen-bond donors (Lipinski definition) is 1. The molecule has 0 aliphatic carbocycles. The van der Waals surface area contributed by atoms with Crippen molar-refractivity contribution in [2.45, 2.75) is 20.0 Å². The van der Waals surface area contributed by atoms with Crippen LogP contribution >= 0.6 is 0 Å². The molecule has 0 fully saturated rings. The Morgan fingerprint density at radius 1 is 1.38 bits per heavy atom. The highest BCUT2D eigenvalue weighted by Gasteiger charge is 2.14. The van der Waals surface area contributed by atoms with Gasteiger partial charge >= 0.3 is 0 Å². The van der Waals surface area contributed by atoms with Crippen LogP contribution in [0.5, 0.6) is 0 Å². The van der Waals surface area contributed by atoms with Gasteiger partial charge in [0.2, 0.25) is 0 Å². The molecule has 1 N–H and O–H groups in total. The summed E-state index contributed by atoms with van der Waals surface area (Å²) in [6.07, 6.45) is 0. The molecule has 2 rings (SSSR count). The Kier molecular flexibility index (Phi) is 5.67. The number of aryl methyl sites for hydroxylation is 1. The molecular formula is C15H22FN3O2. The van der Waals surface area contributed by atoms with Crippen LogP contribution in [0.2, 0.25) is 0 Å². The van der Waals surface area contributed by atoms with Crippen LogP contribution in [0.4, 0.5) is 4.39 Å². The molecule has 0 aliphatic rings. The van der Waals surface area contributed by atoms with E-state index in [0.29, 0.717) is 25.2 Å². The van der Waals surface area contributed by atoms with Crippen LogP contribution in [-0.4, -0.2) is 53.0 Å². The number of fused-ring (bicyclic) bond motifs is 1. The Hall–Kier alpha value is -1.50. The minimum Gasteiger partial charge on any atom is -0.395 e. The topological polar surface area (TPSA) is 50.5 Å². The second-order valence-electron chi connectivity index (χ2n) is 4.90. The maximum Gasteiger partial charge on any atom is 0.125 e. The summed E-state index contributed by atoms with van der Waals surface area (Å²) < 4.78 is 20.5. The molecule has 2 aromatic rings. The van der Waals surface area contributed by atoms with Crippen molar-refractivity contribution in [2.24, 2.45) is 0 Å². The largest absolute Gasteiger partial charge is 0.395 e. The van der Waals surface area contributed by atoms with E-state index in [1.807, 2.05) is 6.92 Å². The van der Waals surface area contributed by atoms with Crippen molar-refractivity contribution in [3.8, 4) is 0 Å². The molecule has 0 unspecified atom stereocenters. The van der Waals surface area contributed by atoms with Crippen molar-refractivity contribution in [3.63, 3.8) is 0 Å². The number of aliphatic hydroxyl groups excluding tert-OH is 1. The number of imidazole rings is 1. The number of halogens is 1. The molecule has 0 amide bonds. The number of benzene rings is 1. The van der Waals surface area contributed by atoms with Crippen molar-refractivity contribution < 1.29 is 14.2 Å². The molecule has 1 aromatic carbocycles. The van der Waals surface area contributed by atoms with E-state index in [1.54, 1.807) is 13.2 Å². The monoisotopic (exact) mass is 295 g/mol. The number of nitrogens with zero attached hydrogens (tertiary/aromatic N) is 3. The van der Waals surface area contributed by atoms with Crippen LogP contribution in [0.1, 0.15) is 12.7 Å². The first kappa shape index (κ1) is 15.9. The fourth-order valence-electron chi connectivity index (χ4n) is 2.46. The van der Waals surface area contributed by atoms with Crippen LogP contribution in [0.3, 0.4) is 0 Å². The molecule has 6 heteroatoms. The van der Waals surface area contributed by atoms with E-state index in [9.17, 15) is 4.39 Å². The van der Waals surface area contributed by atoms with E-state index in [2.05, 4.69) is 14.5 Å². The van der Waals surface area contributed by atoms with Gasteiger partial charge < -0.3 is 14.4 Å². The van der Waals surface area contributed by atoms with Gasteiger partial charge in [-0.3, -0.25) is 4.90 Å². The summed E-state index contributed by atoms with van der Waals surface area (Å²) in [6.45, 7) is 5.39. The van der Waals surface area contributed by atoms with Crippen LogP contribution in [0.15, 0.2) is 18.2 Å². The van der Waals surface area contributed by atoms with Gasteiger partial charge in [0.1, 0.15) is 11.6 Å². The predicted molar refractivity (Wildman–Crippen MR) is 79.6 cm³/mol. The molecule has 116 valence electrons. The highest BCUT2D eigenvalue weighted by molar-refractivity contribution is 5.76. The Labute approximate surface area is 124 Å². The number of rotatable bonds is 8. The molecule has 1 aromatic heterocycles. The third kappa shape index (κ3) is 3.78. The smallest absolute Gasteiger partial charge is 0.125 e. The average Bonchev–Trinajstić information content (AvgIpc) is 2.81. The number of hydrogen-bond acceptors (Lipinski definition) is 4. The van der Waals surface area contributed by atoms with Gasteiger partial charge in [0, 0.05) is 32.8 Å². The van der Waals surface area contributed by atoms with Crippen molar-refractivity contribution in [1.29, 1.82) is 0 Å². The Morgan fingerprint density at radius 3 is 2.86 bits per heavy atom. The zero-order valence-electron chi connectivity index (χ0n) is 12.5. The van der Waals surface area contributed by atoms with Gasteiger partial charge in [-0.05, 0) is 19.1 Å². The quantitative estimate of drug-likeness (QED) is 0.804. The van der Waals surface area contributed by atoms with E-state index < -0.39 is 0 Å². The molecule has 0 atom stereocenters. The van der Waals surface area contributed by atoms with Gasteiger partial charge in [0.15, 0.2) is 0 Å². The summed E-state index contributed by atoms with van der Waals surface area (Å²) in [5.41, 5.74) is 1.60. The average molecular weight is 295 g/mol. The number of aliphatic hydroxyl groups is 1. The van der Waals surface area contributed by atoms with Gasteiger partial charge in [-0.15, -0.1) is 0 Å². The Balaban J connectivity index is 2.26. The fourth-order valence-corrected chi connectivity index (χ4v) is 2.46. The maximum atomic E-state index is 13.3. The first-order valence-corrected chi connectivity index (χ1v) is 7.16. The van der Waals surface area contributed by atoms with E-state index in [1.165, 1.54) is 12.1 Å². The van der Waals surface area contributed by atoms with Crippen molar-refractivity contribution in [2.75, 3.05) is 33.4 Å². The standard InChI is InChI=1S/C15H22FN3O2/c1-3-19-14-5-4-12(16)10-13(14)17-15(19)11-18(6-8-20)7-9-21-2/h4-5,10,20H,3,6-9,11H2,1-2H3.